The number of amides is 2. The Morgan fingerprint density at radius 1 is 1.21 bits per heavy atom. The molecule has 0 aromatic carbocycles. The number of methoxy groups -OCH3 is 1. The molecular weight excluding hydrogens is 364 g/mol. The number of rotatable bonds is 5. The lowest BCUT2D eigenvalue weighted by atomic mass is 9.47. The highest BCUT2D eigenvalue weighted by Crippen LogP contribution is 2.65. The molecular formula is C24H38N2O3. The van der Waals surface area contributed by atoms with Crippen LogP contribution in [0, 0.1) is 34.5 Å². The summed E-state index contributed by atoms with van der Waals surface area (Å²) in [6, 6.07) is 0.342. The molecule has 0 bridgehead atoms. The fourth-order valence-electron chi connectivity index (χ4n) is 7.77. The van der Waals surface area contributed by atoms with E-state index in [1.165, 1.54) is 32.1 Å². The molecule has 4 aliphatic rings. The highest BCUT2D eigenvalue weighted by Gasteiger charge is 2.60. The van der Waals surface area contributed by atoms with E-state index in [0.29, 0.717) is 43.4 Å². The quantitative estimate of drug-likeness (QED) is 0.717. The second kappa shape index (κ2) is 7.72. The molecule has 0 aromatic rings. The lowest BCUT2D eigenvalue weighted by Gasteiger charge is -2.60. The lowest BCUT2D eigenvalue weighted by Crippen LogP contribution is -2.59. The topological polar surface area (TPSA) is 58.6 Å². The van der Waals surface area contributed by atoms with Crippen LogP contribution < -0.4 is 5.32 Å². The zero-order valence-corrected chi connectivity index (χ0v) is 18.6. The van der Waals surface area contributed by atoms with E-state index in [0.717, 1.165) is 12.3 Å². The standard InChI is InChI=1S/C24H38N2O3/c1-23-11-9-19-17(6-8-20-24(19,2)12-10-22(28)26(20)3)18(23)7-5-16(23)15-21(27)25-13-14-29-4/h10,12,16-20H,5-9,11,13-15H2,1-4H3,(H,25,27)/t16-,17+,18+,19+,20-,23-,24-/m1/s1. The predicted octanol–water partition coefficient (Wildman–Crippen LogP) is 3.39. The number of hydrogen-bond donors (Lipinski definition) is 1. The van der Waals surface area contributed by atoms with Gasteiger partial charge in [-0.3, -0.25) is 9.59 Å². The van der Waals surface area contributed by atoms with E-state index in [4.69, 9.17) is 4.74 Å². The van der Waals surface area contributed by atoms with Gasteiger partial charge in [-0.25, -0.2) is 0 Å². The van der Waals surface area contributed by atoms with Gasteiger partial charge in [0.1, 0.15) is 0 Å². The van der Waals surface area contributed by atoms with Gasteiger partial charge in [-0.1, -0.05) is 19.9 Å². The number of carbonyl (C=O) groups excluding carboxylic acids is 2. The molecule has 3 aliphatic carbocycles. The zero-order valence-electron chi connectivity index (χ0n) is 18.6. The normalized spacial score (nSPS) is 43.5. The molecule has 2 amide bonds. The Morgan fingerprint density at radius 2 is 2.00 bits per heavy atom. The monoisotopic (exact) mass is 402 g/mol. The summed E-state index contributed by atoms with van der Waals surface area (Å²) in [6.07, 6.45) is 11.9. The first kappa shape index (κ1) is 20.9. The molecule has 5 heteroatoms. The van der Waals surface area contributed by atoms with Crippen molar-refractivity contribution in [3.05, 3.63) is 12.2 Å². The van der Waals surface area contributed by atoms with Crippen molar-refractivity contribution >= 4 is 11.8 Å². The Morgan fingerprint density at radius 3 is 2.76 bits per heavy atom. The second-order valence-corrected chi connectivity index (χ2v) is 10.5. The molecule has 0 aromatic heterocycles. The Bertz CT molecular complexity index is 692. The summed E-state index contributed by atoms with van der Waals surface area (Å²) in [5, 5.41) is 3.02. The molecule has 5 nitrogen and oxygen atoms in total. The summed E-state index contributed by atoms with van der Waals surface area (Å²) in [7, 11) is 3.65. The third-order valence-electron chi connectivity index (χ3n) is 9.38. The summed E-state index contributed by atoms with van der Waals surface area (Å²) >= 11 is 0. The summed E-state index contributed by atoms with van der Waals surface area (Å²) in [5.74, 6) is 2.93. The Labute approximate surface area is 175 Å². The van der Waals surface area contributed by atoms with Gasteiger partial charge < -0.3 is 15.0 Å². The fourth-order valence-corrected chi connectivity index (χ4v) is 7.77. The summed E-state index contributed by atoms with van der Waals surface area (Å²) in [4.78, 5) is 26.7. The van der Waals surface area contributed by atoms with Crippen LogP contribution in [0.3, 0.4) is 0 Å². The fraction of sp³-hybridized carbons (Fsp3) is 0.833. The van der Waals surface area contributed by atoms with Gasteiger partial charge >= 0.3 is 0 Å². The van der Waals surface area contributed by atoms with E-state index in [1.54, 1.807) is 7.11 Å². The van der Waals surface area contributed by atoms with E-state index >= 15 is 0 Å². The van der Waals surface area contributed by atoms with Gasteiger partial charge in [0.05, 0.1) is 6.61 Å². The molecule has 1 aliphatic heterocycles. The van der Waals surface area contributed by atoms with Gasteiger partial charge in [-0.15, -0.1) is 0 Å². The molecule has 29 heavy (non-hydrogen) atoms. The van der Waals surface area contributed by atoms with E-state index in [2.05, 4.69) is 25.2 Å². The van der Waals surface area contributed by atoms with Crippen molar-refractivity contribution in [2.45, 2.75) is 64.8 Å². The molecule has 3 saturated carbocycles. The third-order valence-corrected chi connectivity index (χ3v) is 9.38. The SMILES string of the molecule is COCCNC(=O)C[C@H]1CC[C@H]2[C@@H]3CC[C@H]4N(C)C(=O)C=C[C@]4(C)[C@H]3CC[C@]12C. The van der Waals surface area contributed by atoms with Crippen LogP contribution in [0.15, 0.2) is 12.2 Å². The summed E-state index contributed by atoms with van der Waals surface area (Å²) in [5.41, 5.74) is 0.381. The predicted molar refractivity (Wildman–Crippen MR) is 113 cm³/mol. The van der Waals surface area contributed by atoms with E-state index in [1.807, 2.05) is 18.0 Å². The van der Waals surface area contributed by atoms with Gasteiger partial charge in [0, 0.05) is 38.6 Å². The zero-order chi connectivity index (χ0) is 20.8. The van der Waals surface area contributed by atoms with Crippen molar-refractivity contribution in [2.24, 2.45) is 34.5 Å². The van der Waals surface area contributed by atoms with Crippen LogP contribution in [0.1, 0.15) is 58.8 Å². The summed E-state index contributed by atoms with van der Waals surface area (Å²) in [6.45, 7) is 6.04. The number of hydrogen-bond acceptors (Lipinski definition) is 3. The Kier molecular flexibility index (Phi) is 5.56. The van der Waals surface area contributed by atoms with Crippen LogP contribution in [0.25, 0.3) is 0 Å². The molecule has 162 valence electrons. The minimum Gasteiger partial charge on any atom is -0.383 e. The van der Waals surface area contributed by atoms with Crippen LogP contribution in [-0.4, -0.2) is 50.1 Å². The van der Waals surface area contributed by atoms with Crippen molar-refractivity contribution in [1.29, 1.82) is 0 Å². The Hall–Kier alpha value is -1.36. The average Bonchev–Trinajstić information content (AvgIpc) is 3.02. The first-order valence-corrected chi connectivity index (χ1v) is 11.5. The van der Waals surface area contributed by atoms with Crippen LogP contribution in [0.5, 0.6) is 0 Å². The van der Waals surface area contributed by atoms with Crippen LogP contribution >= 0.6 is 0 Å². The maximum absolute atomic E-state index is 12.5. The number of nitrogens with one attached hydrogen (secondary N) is 1. The second-order valence-electron chi connectivity index (χ2n) is 10.5. The van der Waals surface area contributed by atoms with Crippen LogP contribution in [0.2, 0.25) is 0 Å². The minimum absolute atomic E-state index is 0.0997. The van der Waals surface area contributed by atoms with Crippen molar-refractivity contribution in [3.63, 3.8) is 0 Å². The molecule has 0 radical (unpaired) electrons. The van der Waals surface area contributed by atoms with Crippen molar-refractivity contribution in [2.75, 3.05) is 27.3 Å². The molecule has 7 atom stereocenters. The number of carbonyl (C=O) groups is 2. The molecule has 4 rings (SSSR count). The number of fused-ring (bicyclic) bond motifs is 5. The third kappa shape index (κ3) is 3.34. The maximum atomic E-state index is 12.5. The highest BCUT2D eigenvalue weighted by atomic mass is 16.5. The van der Waals surface area contributed by atoms with Gasteiger partial charge in [0.25, 0.3) is 0 Å². The maximum Gasteiger partial charge on any atom is 0.246 e. The van der Waals surface area contributed by atoms with Crippen molar-refractivity contribution in [1.82, 2.24) is 10.2 Å². The lowest BCUT2D eigenvalue weighted by molar-refractivity contribution is -0.139. The molecule has 3 fully saturated rings. The number of nitrogens with zero attached hydrogens (tertiary/aromatic N) is 1. The van der Waals surface area contributed by atoms with Crippen LogP contribution in [0.4, 0.5) is 0 Å². The van der Waals surface area contributed by atoms with Gasteiger partial charge in [-0.05, 0) is 73.7 Å². The summed E-state index contributed by atoms with van der Waals surface area (Å²) < 4.78 is 5.05. The highest BCUT2D eigenvalue weighted by molar-refractivity contribution is 5.89. The van der Waals surface area contributed by atoms with Gasteiger partial charge in [-0.2, -0.15) is 0 Å². The Balaban J connectivity index is 1.49. The molecule has 0 saturated heterocycles. The largest absolute Gasteiger partial charge is 0.383 e. The molecule has 0 spiro atoms. The van der Waals surface area contributed by atoms with Crippen LogP contribution in [-0.2, 0) is 14.3 Å². The number of likely N-dealkylation sites (N-methyl/N-ethyl adjacent to an activating group) is 1. The van der Waals surface area contributed by atoms with E-state index < -0.39 is 0 Å². The average molecular weight is 403 g/mol. The first-order chi connectivity index (χ1) is 13.8. The van der Waals surface area contributed by atoms with E-state index in [9.17, 15) is 9.59 Å². The first-order valence-electron chi connectivity index (χ1n) is 11.5. The van der Waals surface area contributed by atoms with Crippen molar-refractivity contribution in [3.8, 4) is 0 Å². The molecule has 0 unspecified atom stereocenters. The minimum atomic E-state index is 0.0997. The molecule has 1 heterocycles. The smallest absolute Gasteiger partial charge is 0.246 e. The molecule has 1 N–H and O–H groups in total. The van der Waals surface area contributed by atoms with Crippen molar-refractivity contribution < 1.29 is 14.3 Å². The number of ether oxygens (including phenoxy) is 1. The van der Waals surface area contributed by atoms with Gasteiger partial charge in [0.15, 0.2) is 0 Å². The van der Waals surface area contributed by atoms with Gasteiger partial charge in [0.2, 0.25) is 11.8 Å². The van der Waals surface area contributed by atoms with E-state index in [-0.39, 0.29) is 22.6 Å².